The molecule has 0 atom stereocenters. The number of halogens is 1. The maximum atomic E-state index is 11.9. The lowest BCUT2D eigenvalue weighted by molar-refractivity contribution is -0.0971. The molecule has 2 aliphatic rings. The number of amides is 1. The molecule has 0 bridgehead atoms. The van der Waals surface area contributed by atoms with Crippen molar-refractivity contribution in [2.75, 3.05) is 26.8 Å². The summed E-state index contributed by atoms with van der Waals surface area (Å²) in [6.07, 6.45) is 3.57. The zero-order chi connectivity index (χ0) is 18.5. The van der Waals surface area contributed by atoms with Gasteiger partial charge in [-0.1, -0.05) is 6.92 Å². The van der Waals surface area contributed by atoms with Crippen LogP contribution < -0.4 is 16.0 Å². The number of carbonyl (C=O) groups is 1. The van der Waals surface area contributed by atoms with E-state index in [4.69, 9.17) is 9.47 Å². The van der Waals surface area contributed by atoms with Crippen LogP contribution in [0.2, 0.25) is 0 Å². The number of alkyl carbamates (subject to hydrolysis) is 1. The van der Waals surface area contributed by atoms with E-state index in [-0.39, 0.29) is 41.5 Å². The molecule has 8 heteroatoms. The fraction of sp³-hybridized carbons (Fsp3) is 0.889. The van der Waals surface area contributed by atoms with E-state index in [1.807, 2.05) is 20.8 Å². The van der Waals surface area contributed by atoms with E-state index in [2.05, 4.69) is 27.9 Å². The number of hydrogen-bond donors (Lipinski definition) is 3. The van der Waals surface area contributed by atoms with Crippen LogP contribution in [0.25, 0.3) is 0 Å². The Bertz CT molecular complexity index is 481. The molecule has 1 heterocycles. The van der Waals surface area contributed by atoms with Crippen LogP contribution >= 0.6 is 24.0 Å². The first kappa shape index (κ1) is 23.3. The Hall–Kier alpha value is -0.770. The summed E-state index contributed by atoms with van der Waals surface area (Å²) >= 11 is 0. The maximum Gasteiger partial charge on any atom is 0.407 e. The summed E-state index contributed by atoms with van der Waals surface area (Å²) in [5, 5.41) is 9.86. The number of nitrogens with one attached hydrogen (secondary N) is 3. The Labute approximate surface area is 174 Å². The molecule has 0 aromatic rings. The molecule has 2 rings (SSSR count). The van der Waals surface area contributed by atoms with Crippen LogP contribution in [0.3, 0.4) is 0 Å². The summed E-state index contributed by atoms with van der Waals surface area (Å²) in [6.45, 7) is 10.3. The molecule has 0 aromatic carbocycles. The molecule has 1 aliphatic heterocycles. The molecule has 1 aliphatic carbocycles. The van der Waals surface area contributed by atoms with Crippen LogP contribution in [0.15, 0.2) is 4.99 Å². The molecule has 0 aromatic heterocycles. The van der Waals surface area contributed by atoms with Crippen molar-refractivity contribution in [2.24, 2.45) is 10.4 Å². The summed E-state index contributed by atoms with van der Waals surface area (Å²) in [6, 6.07) is 0.572. The van der Waals surface area contributed by atoms with E-state index in [1.165, 1.54) is 0 Å². The highest BCUT2D eigenvalue weighted by molar-refractivity contribution is 14.0. The molecule has 2 fully saturated rings. The van der Waals surface area contributed by atoms with Crippen LogP contribution in [0.4, 0.5) is 4.79 Å². The molecular formula is C18H35IN4O3. The minimum atomic E-state index is -0.455. The van der Waals surface area contributed by atoms with E-state index < -0.39 is 5.60 Å². The Kier molecular flexibility index (Phi) is 8.92. The second kappa shape index (κ2) is 9.96. The largest absolute Gasteiger partial charge is 0.444 e. The van der Waals surface area contributed by atoms with Crippen molar-refractivity contribution in [1.82, 2.24) is 16.0 Å². The zero-order valence-electron chi connectivity index (χ0n) is 16.7. The fourth-order valence-electron chi connectivity index (χ4n) is 3.09. The molecule has 26 heavy (non-hydrogen) atoms. The topological polar surface area (TPSA) is 84.0 Å². The van der Waals surface area contributed by atoms with Crippen molar-refractivity contribution in [3.63, 3.8) is 0 Å². The summed E-state index contributed by atoms with van der Waals surface area (Å²) in [7, 11) is 1.80. The van der Waals surface area contributed by atoms with Gasteiger partial charge in [0.05, 0.1) is 13.2 Å². The van der Waals surface area contributed by atoms with Gasteiger partial charge >= 0.3 is 6.09 Å². The first-order valence-electron chi connectivity index (χ1n) is 9.24. The van der Waals surface area contributed by atoms with Gasteiger partial charge < -0.3 is 25.4 Å². The van der Waals surface area contributed by atoms with Crippen molar-refractivity contribution in [2.45, 2.75) is 71.1 Å². The van der Waals surface area contributed by atoms with Gasteiger partial charge in [-0.2, -0.15) is 0 Å². The van der Waals surface area contributed by atoms with Gasteiger partial charge in [0.15, 0.2) is 5.96 Å². The van der Waals surface area contributed by atoms with Gasteiger partial charge in [0.1, 0.15) is 5.60 Å². The first-order valence-corrected chi connectivity index (χ1v) is 9.24. The first-order chi connectivity index (χ1) is 11.7. The average Bonchev–Trinajstić information content (AvgIpc) is 2.49. The number of carbonyl (C=O) groups excluding carboxylic acids is 1. The van der Waals surface area contributed by atoms with Crippen molar-refractivity contribution < 1.29 is 14.3 Å². The van der Waals surface area contributed by atoms with E-state index in [0.29, 0.717) is 6.04 Å². The smallest absolute Gasteiger partial charge is 0.407 e. The van der Waals surface area contributed by atoms with Crippen LogP contribution in [0.5, 0.6) is 0 Å². The Morgan fingerprint density at radius 2 is 1.69 bits per heavy atom. The number of rotatable bonds is 4. The third kappa shape index (κ3) is 7.85. The summed E-state index contributed by atoms with van der Waals surface area (Å²) in [5.74, 6) is 0.844. The van der Waals surface area contributed by atoms with Crippen LogP contribution in [0, 0.1) is 5.41 Å². The van der Waals surface area contributed by atoms with Crippen LogP contribution in [-0.4, -0.2) is 56.5 Å². The van der Waals surface area contributed by atoms with E-state index >= 15 is 0 Å². The van der Waals surface area contributed by atoms with Crippen molar-refractivity contribution in [3.05, 3.63) is 0 Å². The maximum absolute atomic E-state index is 11.9. The second-order valence-corrected chi connectivity index (χ2v) is 8.57. The van der Waals surface area contributed by atoms with Gasteiger partial charge in [-0.15, -0.1) is 24.0 Å². The van der Waals surface area contributed by atoms with Gasteiger partial charge in [0, 0.05) is 31.1 Å². The number of nitrogens with zero attached hydrogens (tertiary/aromatic N) is 1. The predicted octanol–water partition coefficient (Wildman–Crippen LogP) is 2.64. The highest BCUT2D eigenvalue weighted by Gasteiger charge is 2.33. The lowest BCUT2D eigenvalue weighted by atomic mass is 9.89. The van der Waals surface area contributed by atoms with Crippen molar-refractivity contribution >= 4 is 36.0 Å². The van der Waals surface area contributed by atoms with E-state index in [0.717, 1.165) is 51.4 Å². The molecule has 3 N–H and O–H groups in total. The second-order valence-electron chi connectivity index (χ2n) is 8.57. The minimum absolute atomic E-state index is 0. The lowest BCUT2D eigenvalue weighted by Gasteiger charge is -2.38. The highest BCUT2D eigenvalue weighted by atomic mass is 127. The quantitative estimate of drug-likeness (QED) is 0.326. The van der Waals surface area contributed by atoms with Gasteiger partial charge in [0.2, 0.25) is 0 Å². The van der Waals surface area contributed by atoms with Crippen molar-refractivity contribution in [1.29, 1.82) is 0 Å². The Balaban J connectivity index is 0.00000338. The summed E-state index contributed by atoms with van der Waals surface area (Å²) in [4.78, 5) is 16.2. The SMILES string of the molecule is CN=C(NCC1(C)COC1)NC1CCC(NC(=O)OC(C)(C)C)CC1.I. The third-order valence-corrected chi connectivity index (χ3v) is 4.60. The molecule has 0 radical (unpaired) electrons. The Morgan fingerprint density at radius 1 is 1.15 bits per heavy atom. The van der Waals surface area contributed by atoms with Gasteiger partial charge in [-0.25, -0.2) is 4.79 Å². The number of guanidine groups is 1. The summed E-state index contributed by atoms with van der Waals surface area (Å²) < 4.78 is 10.6. The number of aliphatic imine (C=N–C) groups is 1. The number of hydrogen-bond acceptors (Lipinski definition) is 4. The zero-order valence-corrected chi connectivity index (χ0v) is 19.0. The van der Waals surface area contributed by atoms with Crippen LogP contribution in [0.1, 0.15) is 53.4 Å². The van der Waals surface area contributed by atoms with E-state index in [9.17, 15) is 4.79 Å². The predicted molar refractivity (Wildman–Crippen MR) is 114 cm³/mol. The van der Waals surface area contributed by atoms with Gasteiger partial charge in [0.25, 0.3) is 0 Å². The third-order valence-electron chi connectivity index (χ3n) is 4.60. The van der Waals surface area contributed by atoms with Crippen LogP contribution in [-0.2, 0) is 9.47 Å². The molecular weight excluding hydrogens is 447 g/mol. The molecule has 1 saturated carbocycles. The molecule has 1 saturated heterocycles. The average molecular weight is 482 g/mol. The van der Waals surface area contributed by atoms with Crippen molar-refractivity contribution in [3.8, 4) is 0 Å². The minimum Gasteiger partial charge on any atom is -0.444 e. The molecule has 152 valence electrons. The monoisotopic (exact) mass is 482 g/mol. The molecule has 7 nitrogen and oxygen atoms in total. The van der Waals surface area contributed by atoms with Gasteiger partial charge in [-0.05, 0) is 46.5 Å². The highest BCUT2D eigenvalue weighted by Crippen LogP contribution is 2.25. The van der Waals surface area contributed by atoms with Gasteiger partial charge in [-0.3, -0.25) is 4.99 Å². The number of ether oxygens (including phenoxy) is 2. The lowest BCUT2D eigenvalue weighted by Crippen LogP contribution is -2.53. The fourth-order valence-corrected chi connectivity index (χ4v) is 3.09. The molecule has 1 amide bonds. The standard InChI is InChI=1S/C18H34N4O3.HI/c1-17(2,3)25-16(23)22-14-8-6-13(7-9-14)21-15(19-5)20-10-18(4)11-24-12-18;/h13-14H,6-12H2,1-5H3,(H,22,23)(H2,19,20,21);1H. The molecule has 0 spiro atoms. The van der Waals surface area contributed by atoms with E-state index in [1.54, 1.807) is 7.05 Å². The Morgan fingerprint density at radius 3 is 2.12 bits per heavy atom. The molecule has 0 unspecified atom stereocenters. The summed E-state index contributed by atoms with van der Waals surface area (Å²) in [5.41, 5.74) is -0.240. The normalized spacial score (nSPS) is 25.3.